The van der Waals surface area contributed by atoms with Crippen LogP contribution in [0.5, 0.6) is 23.0 Å². The molecule has 1 aliphatic carbocycles. The molecule has 3 heterocycles. The van der Waals surface area contributed by atoms with Crippen LogP contribution in [0.1, 0.15) is 40.6 Å². The van der Waals surface area contributed by atoms with Crippen LogP contribution in [-0.2, 0) is 13.0 Å². The highest BCUT2D eigenvalue weighted by molar-refractivity contribution is 5.57. The molecule has 3 aliphatic heterocycles. The maximum Gasteiger partial charge on any atom is 0.231 e. The van der Waals surface area contributed by atoms with Gasteiger partial charge in [-0.15, -0.1) is 0 Å². The molecule has 0 bridgehead atoms. The summed E-state index contributed by atoms with van der Waals surface area (Å²) in [6, 6.07) is 9.05. The highest BCUT2D eigenvalue weighted by Gasteiger charge is 2.41. The van der Waals surface area contributed by atoms with E-state index in [9.17, 15) is 0 Å². The van der Waals surface area contributed by atoms with E-state index in [0.29, 0.717) is 25.5 Å². The fourth-order valence-electron chi connectivity index (χ4n) is 4.95. The van der Waals surface area contributed by atoms with Gasteiger partial charge >= 0.3 is 0 Å². The van der Waals surface area contributed by atoms with Crippen LogP contribution in [0.25, 0.3) is 0 Å². The van der Waals surface area contributed by atoms with Gasteiger partial charge in [-0.1, -0.05) is 6.07 Å². The van der Waals surface area contributed by atoms with Crippen LogP contribution in [0.2, 0.25) is 0 Å². The van der Waals surface area contributed by atoms with Gasteiger partial charge in [0.05, 0.1) is 0 Å². The summed E-state index contributed by atoms with van der Waals surface area (Å²) in [6.07, 6.45) is 2.20. The van der Waals surface area contributed by atoms with Gasteiger partial charge in [-0.05, 0) is 54.8 Å². The van der Waals surface area contributed by atoms with Crippen molar-refractivity contribution in [2.75, 3.05) is 20.6 Å². The van der Waals surface area contributed by atoms with E-state index >= 15 is 0 Å². The van der Waals surface area contributed by atoms with Crippen molar-refractivity contribution in [1.29, 1.82) is 0 Å². The molecule has 6 rings (SSSR count). The van der Waals surface area contributed by atoms with Gasteiger partial charge in [-0.2, -0.15) is 0 Å². The van der Waals surface area contributed by atoms with Crippen molar-refractivity contribution in [3.05, 3.63) is 46.5 Å². The topological polar surface area (TPSA) is 40.2 Å². The molecule has 0 spiro atoms. The quantitative estimate of drug-likeness (QED) is 0.737. The Kier molecular flexibility index (Phi) is 2.67. The van der Waals surface area contributed by atoms with Crippen molar-refractivity contribution >= 4 is 0 Å². The molecule has 0 aromatic heterocycles. The predicted molar refractivity (Wildman–Crippen MR) is 90.4 cm³/mol. The third-order valence-corrected chi connectivity index (χ3v) is 6.02. The zero-order chi connectivity index (χ0) is 16.5. The minimum Gasteiger partial charge on any atom is -0.454 e. The summed E-state index contributed by atoms with van der Waals surface area (Å²) in [4.78, 5) is 2.44. The number of nitrogens with zero attached hydrogens (tertiary/aromatic N) is 1. The number of benzene rings is 2. The second-order valence-electron chi connectivity index (χ2n) is 7.28. The van der Waals surface area contributed by atoms with Gasteiger partial charge in [-0.3, -0.25) is 4.90 Å². The lowest BCUT2D eigenvalue weighted by atomic mass is 9.72. The standard InChI is InChI=1S/C20H19NO4/c1-21-8-15-12(4-5-16-20(15)25-10-22-16)13-3-2-11-6-17-18(24-9-23-17)7-14(11)19(13)21/h4-7,13,19H,2-3,8-10H2,1H3. The lowest BCUT2D eigenvalue weighted by Gasteiger charge is -2.44. The highest BCUT2D eigenvalue weighted by Crippen LogP contribution is 2.53. The zero-order valence-corrected chi connectivity index (χ0v) is 14.1. The summed E-state index contributed by atoms with van der Waals surface area (Å²) in [5.74, 6) is 4.06. The molecule has 2 aromatic rings. The monoisotopic (exact) mass is 337 g/mol. The first kappa shape index (κ1) is 13.8. The van der Waals surface area contributed by atoms with E-state index in [1.807, 2.05) is 0 Å². The number of hydrogen-bond donors (Lipinski definition) is 0. The Morgan fingerprint density at radius 3 is 2.64 bits per heavy atom. The molecule has 25 heavy (non-hydrogen) atoms. The van der Waals surface area contributed by atoms with Crippen molar-refractivity contribution in [3.8, 4) is 23.0 Å². The number of aryl methyl sites for hydroxylation is 1. The predicted octanol–water partition coefficient (Wildman–Crippen LogP) is 3.36. The van der Waals surface area contributed by atoms with E-state index in [0.717, 1.165) is 42.4 Å². The third-order valence-electron chi connectivity index (χ3n) is 6.02. The Labute approximate surface area is 146 Å². The summed E-state index contributed by atoms with van der Waals surface area (Å²) in [5.41, 5.74) is 5.48. The lowest BCUT2D eigenvalue weighted by molar-refractivity contribution is 0.157. The number of rotatable bonds is 0. The minimum atomic E-state index is 0.328. The van der Waals surface area contributed by atoms with Crippen molar-refractivity contribution in [3.63, 3.8) is 0 Å². The third kappa shape index (κ3) is 1.82. The van der Waals surface area contributed by atoms with Crippen molar-refractivity contribution in [2.45, 2.75) is 31.3 Å². The minimum absolute atomic E-state index is 0.328. The van der Waals surface area contributed by atoms with E-state index in [2.05, 4.69) is 36.2 Å². The number of ether oxygens (including phenoxy) is 4. The highest BCUT2D eigenvalue weighted by atomic mass is 16.7. The van der Waals surface area contributed by atoms with Gasteiger partial charge in [0.25, 0.3) is 0 Å². The van der Waals surface area contributed by atoms with Crippen molar-refractivity contribution < 1.29 is 18.9 Å². The van der Waals surface area contributed by atoms with Crippen molar-refractivity contribution in [1.82, 2.24) is 4.90 Å². The average molecular weight is 337 g/mol. The largest absolute Gasteiger partial charge is 0.454 e. The summed E-state index contributed by atoms with van der Waals surface area (Å²) in [7, 11) is 2.20. The molecule has 0 fully saturated rings. The molecule has 0 N–H and O–H groups in total. The Bertz CT molecular complexity index is 894. The fourth-order valence-corrected chi connectivity index (χ4v) is 4.95. The van der Waals surface area contributed by atoms with E-state index in [1.165, 1.54) is 22.3 Å². The molecule has 0 saturated carbocycles. The summed E-state index contributed by atoms with van der Waals surface area (Å²) < 4.78 is 22.5. The van der Waals surface area contributed by atoms with Crippen LogP contribution in [0.15, 0.2) is 24.3 Å². The van der Waals surface area contributed by atoms with Crippen LogP contribution in [0, 0.1) is 0 Å². The normalized spacial score (nSPS) is 25.3. The molecule has 0 amide bonds. The van der Waals surface area contributed by atoms with E-state index in [4.69, 9.17) is 18.9 Å². The molecule has 2 atom stereocenters. The molecule has 0 saturated heterocycles. The first-order chi connectivity index (χ1) is 12.3. The average Bonchev–Trinajstić information content (AvgIpc) is 3.28. The molecular weight excluding hydrogens is 318 g/mol. The number of hydrogen-bond acceptors (Lipinski definition) is 5. The molecule has 4 aliphatic rings. The van der Waals surface area contributed by atoms with Gasteiger partial charge in [0.2, 0.25) is 13.6 Å². The zero-order valence-electron chi connectivity index (χ0n) is 14.1. The van der Waals surface area contributed by atoms with Gasteiger partial charge in [0, 0.05) is 24.1 Å². The maximum absolute atomic E-state index is 5.77. The molecule has 5 nitrogen and oxygen atoms in total. The Morgan fingerprint density at radius 1 is 0.920 bits per heavy atom. The van der Waals surface area contributed by atoms with E-state index in [1.54, 1.807) is 0 Å². The molecule has 0 radical (unpaired) electrons. The second-order valence-corrected chi connectivity index (χ2v) is 7.28. The van der Waals surface area contributed by atoms with Crippen LogP contribution < -0.4 is 18.9 Å². The summed E-state index contributed by atoms with van der Waals surface area (Å²) >= 11 is 0. The fraction of sp³-hybridized carbons (Fsp3) is 0.400. The lowest BCUT2D eigenvalue weighted by Crippen LogP contribution is -2.37. The Balaban J connectivity index is 1.50. The number of likely N-dealkylation sites (N-methyl/N-ethyl adjacent to an activating group) is 1. The van der Waals surface area contributed by atoms with E-state index in [-0.39, 0.29) is 0 Å². The maximum atomic E-state index is 5.77. The van der Waals surface area contributed by atoms with E-state index < -0.39 is 0 Å². The number of fused-ring (bicyclic) bond motifs is 8. The summed E-state index contributed by atoms with van der Waals surface area (Å²) in [6.45, 7) is 1.53. The van der Waals surface area contributed by atoms with Crippen LogP contribution in [0.4, 0.5) is 0 Å². The molecule has 2 aromatic carbocycles. The van der Waals surface area contributed by atoms with Crippen LogP contribution in [0.3, 0.4) is 0 Å². The molecule has 2 unspecified atom stereocenters. The van der Waals surface area contributed by atoms with Gasteiger partial charge in [0.1, 0.15) is 0 Å². The van der Waals surface area contributed by atoms with Crippen molar-refractivity contribution in [2.24, 2.45) is 0 Å². The molecule has 5 heteroatoms. The van der Waals surface area contributed by atoms with Crippen LogP contribution >= 0.6 is 0 Å². The first-order valence-corrected chi connectivity index (χ1v) is 8.83. The SMILES string of the molecule is CN1Cc2c(ccc3c2OCO3)C2CCc3cc4c(cc3C21)OCO4. The molecular formula is C20H19NO4. The Morgan fingerprint density at radius 2 is 1.72 bits per heavy atom. The molecule has 128 valence electrons. The smallest absolute Gasteiger partial charge is 0.231 e. The van der Waals surface area contributed by atoms with Gasteiger partial charge in [-0.25, -0.2) is 0 Å². The van der Waals surface area contributed by atoms with Gasteiger partial charge < -0.3 is 18.9 Å². The van der Waals surface area contributed by atoms with Crippen LogP contribution in [-0.4, -0.2) is 25.5 Å². The Hall–Kier alpha value is -2.40. The van der Waals surface area contributed by atoms with Gasteiger partial charge in [0.15, 0.2) is 23.0 Å². The second kappa shape index (κ2) is 4.82. The first-order valence-electron chi connectivity index (χ1n) is 8.83. The summed E-state index contributed by atoms with van der Waals surface area (Å²) in [5, 5.41) is 0.